The third-order valence-electron chi connectivity index (χ3n) is 3.14. The number of nitrogens with one attached hydrogen (secondary N) is 1. The molecule has 0 bridgehead atoms. The van der Waals surface area contributed by atoms with Crippen molar-refractivity contribution in [3.63, 3.8) is 0 Å². The molecule has 0 saturated heterocycles. The normalized spacial score (nSPS) is 10.5. The topological polar surface area (TPSA) is 107 Å². The average molecular weight is 309 g/mol. The molecule has 0 saturated carbocycles. The fourth-order valence-corrected chi connectivity index (χ4v) is 2.06. The lowest BCUT2D eigenvalue weighted by Gasteiger charge is -2.06. The number of nitrogen functional groups attached to an aromatic ring is 1. The number of pyridine rings is 1. The summed E-state index contributed by atoms with van der Waals surface area (Å²) < 4.78 is 5.50. The van der Waals surface area contributed by atoms with Crippen molar-refractivity contribution in [1.29, 1.82) is 0 Å². The molecule has 0 atom stereocenters. The first kappa shape index (κ1) is 14.7. The molecule has 0 aliphatic rings. The van der Waals surface area contributed by atoms with Gasteiger partial charge in [0.1, 0.15) is 17.1 Å². The summed E-state index contributed by atoms with van der Waals surface area (Å²) >= 11 is 0. The number of rotatable bonds is 4. The minimum atomic E-state index is -0.340. The van der Waals surface area contributed by atoms with Crippen molar-refractivity contribution in [2.24, 2.45) is 0 Å². The minimum absolute atomic E-state index is 0.0167. The van der Waals surface area contributed by atoms with E-state index in [1.165, 1.54) is 0 Å². The molecule has 7 heteroatoms. The van der Waals surface area contributed by atoms with Crippen molar-refractivity contribution in [3.8, 4) is 11.5 Å². The van der Waals surface area contributed by atoms with Gasteiger partial charge in [0.25, 0.3) is 5.91 Å². The van der Waals surface area contributed by atoms with E-state index < -0.39 is 0 Å². The fourth-order valence-electron chi connectivity index (χ4n) is 2.06. The molecule has 116 valence electrons. The minimum Gasteiger partial charge on any atom is -0.460 e. The Balaban J connectivity index is 1.79. The van der Waals surface area contributed by atoms with Gasteiger partial charge in [-0.05, 0) is 36.8 Å². The van der Waals surface area contributed by atoms with Gasteiger partial charge in [0.05, 0.1) is 0 Å². The molecule has 3 rings (SSSR count). The molecule has 0 aromatic carbocycles. The van der Waals surface area contributed by atoms with Crippen molar-refractivity contribution in [3.05, 3.63) is 59.7 Å². The number of aryl methyl sites for hydroxylation is 1. The van der Waals surface area contributed by atoms with Gasteiger partial charge in [-0.2, -0.15) is 0 Å². The lowest BCUT2D eigenvalue weighted by atomic mass is 10.2. The summed E-state index contributed by atoms with van der Waals surface area (Å²) in [5, 5.41) is 2.77. The van der Waals surface area contributed by atoms with E-state index in [9.17, 15) is 4.79 Å². The van der Waals surface area contributed by atoms with Crippen LogP contribution in [0.5, 0.6) is 0 Å². The zero-order chi connectivity index (χ0) is 16.2. The van der Waals surface area contributed by atoms with E-state index in [-0.39, 0.29) is 17.5 Å². The number of nitrogens with zero attached hydrogens (tertiary/aromatic N) is 3. The van der Waals surface area contributed by atoms with Crippen molar-refractivity contribution < 1.29 is 9.21 Å². The van der Waals surface area contributed by atoms with Crippen molar-refractivity contribution in [2.45, 2.75) is 13.5 Å². The standard InChI is InChI=1S/C16H15N5O2/c1-10-4-5-14(23-10)12-7-13(21-16(17)20-12)15(22)19-9-11-3-2-6-18-8-11/h2-8H,9H2,1H3,(H,19,22)(H2,17,20,21). The van der Waals surface area contributed by atoms with Crippen LogP contribution in [-0.2, 0) is 6.54 Å². The summed E-state index contributed by atoms with van der Waals surface area (Å²) in [4.78, 5) is 24.3. The van der Waals surface area contributed by atoms with Crippen LogP contribution in [0, 0.1) is 6.92 Å². The Bertz CT molecular complexity index is 829. The summed E-state index contributed by atoms with van der Waals surface area (Å²) in [6, 6.07) is 8.82. The first-order valence-corrected chi connectivity index (χ1v) is 7.00. The Morgan fingerprint density at radius 2 is 2.17 bits per heavy atom. The van der Waals surface area contributed by atoms with Crippen LogP contribution < -0.4 is 11.1 Å². The van der Waals surface area contributed by atoms with E-state index in [1.54, 1.807) is 24.5 Å². The van der Waals surface area contributed by atoms with Crippen molar-refractivity contribution in [2.75, 3.05) is 5.73 Å². The lowest BCUT2D eigenvalue weighted by molar-refractivity contribution is 0.0946. The molecule has 3 aromatic rings. The Hall–Kier alpha value is -3.22. The van der Waals surface area contributed by atoms with E-state index in [0.717, 1.165) is 11.3 Å². The quantitative estimate of drug-likeness (QED) is 0.763. The van der Waals surface area contributed by atoms with Gasteiger partial charge in [0, 0.05) is 18.9 Å². The molecule has 7 nitrogen and oxygen atoms in total. The van der Waals surface area contributed by atoms with Crippen LogP contribution in [0.15, 0.2) is 47.1 Å². The molecule has 23 heavy (non-hydrogen) atoms. The number of anilines is 1. The monoisotopic (exact) mass is 309 g/mol. The van der Waals surface area contributed by atoms with Crippen LogP contribution in [0.2, 0.25) is 0 Å². The molecule has 0 fully saturated rings. The number of furan rings is 1. The predicted molar refractivity (Wildman–Crippen MR) is 84.3 cm³/mol. The zero-order valence-corrected chi connectivity index (χ0v) is 12.5. The maximum Gasteiger partial charge on any atom is 0.270 e. The number of carbonyl (C=O) groups excluding carboxylic acids is 1. The molecule has 0 unspecified atom stereocenters. The molecule has 0 spiro atoms. The SMILES string of the molecule is Cc1ccc(-c2cc(C(=O)NCc3cccnc3)nc(N)n2)o1. The van der Waals surface area contributed by atoms with Crippen LogP contribution in [-0.4, -0.2) is 20.9 Å². The Kier molecular flexibility index (Phi) is 4.01. The predicted octanol–water partition coefficient (Wildman–Crippen LogP) is 1.95. The summed E-state index contributed by atoms with van der Waals surface area (Å²) in [6.07, 6.45) is 3.36. The Morgan fingerprint density at radius 3 is 2.87 bits per heavy atom. The van der Waals surface area contributed by atoms with E-state index in [1.807, 2.05) is 25.1 Å². The van der Waals surface area contributed by atoms with Crippen LogP contribution in [0.25, 0.3) is 11.5 Å². The first-order chi connectivity index (χ1) is 11.1. The van der Waals surface area contributed by atoms with E-state index in [0.29, 0.717) is 18.0 Å². The first-order valence-electron chi connectivity index (χ1n) is 7.00. The molecular formula is C16H15N5O2. The van der Waals surface area contributed by atoms with Crippen molar-refractivity contribution in [1.82, 2.24) is 20.3 Å². The van der Waals surface area contributed by atoms with Gasteiger partial charge in [0.15, 0.2) is 5.76 Å². The maximum atomic E-state index is 12.3. The van der Waals surface area contributed by atoms with Crippen LogP contribution in [0.3, 0.4) is 0 Å². The number of carbonyl (C=O) groups is 1. The molecule has 0 aliphatic heterocycles. The second-order valence-corrected chi connectivity index (χ2v) is 4.95. The Labute approximate surface area is 132 Å². The third kappa shape index (κ3) is 3.52. The Morgan fingerprint density at radius 1 is 1.30 bits per heavy atom. The number of hydrogen-bond acceptors (Lipinski definition) is 6. The summed E-state index contributed by atoms with van der Waals surface area (Å²) in [6.45, 7) is 2.18. The number of amides is 1. The van der Waals surface area contributed by atoms with E-state index in [4.69, 9.17) is 10.2 Å². The van der Waals surface area contributed by atoms with Crippen LogP contribution in [0.4, 0.5) is 5.95 Å². The lowest BCUT2D eigenvalue weighted by Crippen LogP contribution is -2.24. The summed E-state index contributed by atoms with van der Waals surface area (Å²) in [7, 11) is 0. The molecular weight excluding hydrogens is 294 g/mol. The maximum absolute atomic E-state index is 12.3. The van der Waals surface area contributed by atoms with Gasteiger partial charge in [-0.25, -0.2) is 9.97 Å². The summed E-state index contributed by atoms with van der Waals surface area (Å²) in [5.41, 5.74) is 7.24. The van der Waals surface area contributed by atoms with Gasteiger partial charge >= 0.3 is 0 Å². The van der Waals surface area contributed by atoms with E-state index in [2.05, 4.69) is 20.3 Å². The second-order valence-electron chi connectivity index (χ2n) is 4.95. The highest BCUT2D eigenvalue weighted by Crippen LogP contribution is 2.21. The largest absolute Gasteiger partial charge is 0.460 e. The molecule has 0 radical (unpaired) electrons. The van der Waals surface area contributed by atoms with Gasteiger partial charge in [-0.3, -0.25) is 9.78 Å². The highest BCUT2D eigenvalue weighted by molar-refractivity contribution is 5.93. The fraction of sp³-hybridized carbons (Fsp3) is 0.125. The van der Waals surface area contributed by atoms with Gasteiger partial charge in [0.2, 0.25) is 5.95 Å². The smallest absolute Gasteiger partial charge is 0.270 e. The number of aromatic nitrogens is 3. The second kappa shape index (κ2) is 6.27. The molecule has 3 N–H and O–H groups in total. The third-order valence-corrected chi connectivity index (χ3v) is 3.14. The molecule has 3 heterocycles. The van der Waals surface area contributed by atoms with Gasteiger partial charge in [-0.1, -0.05) is 6.07 Å². The highest BCUT2D eigenvalue weighted by atomic mass is 16.3. The van der Waals surface area contributed by atoms with Crippen LogP contribution >= 0.6 is 0 Å². The average Bonchev–Trinajstić information content (AvgIpc) is 2.99. The molecule has 1 amide bonds. The molecule has 0 aliphatic carbocycles. The number of nitrogens with two attached hydrogens (primary N) is 1. The summed E-state index contributed by atoms with van der Waals surface area (Å²) in [5.74, 6) is 0.966. The number of hydrogen-bond donors (Lipinski definition) is 2. The van der Waals surface area contributed by atoms with Gasteiger partial charge in [-0.15, -0.1) is 0 Å². The highest BCUT2D eigenvalue weighted by Gasteiger charge is 2.13. The van der Waals surface area contributed by atoms with Crippen molar-refractivity contribution >= 4 is 11.9 Å². The zero-order valence-electron chi connectivity index (χ0n) is 12.5. The molecule has 3 aromatic heterocycles. The van der Waals surface area contributed by atoms with Gasteiger partial charge < -0.3 is 15.5 Å². The van der Waals surface area contributed by atoms with E-state index >= 15 is 0 Å². The van der Waals surface area contributed by atoms with Crippen LogP contribution in [0.1, 0.15) is 21.8 Å².